The van der Waals surface area contributed by atoms with E-state index in [4.69, 9.17) is 4.74 Å². The fourth-order valence-corrected chi connectivity index (χ4v) is 3.13. The van der Waals surface area contributed by atoms with E-state index in [-0.39, 0.29) is 18.5 Å². The monoisotopic (exact) mass is 359 g/mol. The molecule has 3 rings (SSSR count). The molecule has 2 N–H and O–H groups in total. The predicted molar refractivity (Wildman–Crippen MR) is 96.1 cm³/mol. The number of carbonyl (C=O) groups excluding carboxylic acids is 2. The van der Waals surface area contributed by atoms with Crippen molar-refractivity contribution in [1.29, 1.82) is 0 Å². The molecule has 8 heteroatoms. The molecule has 0 atom stereocenters. The van der Waals surface area contributed by atoms with Gasteiger partial charge in [0, 0.05) is 51.2 Å². The SMILES string of the molecule is CCOC(=O)C1=C(CN2CCN(Cc3ccccn3)CC2)NC(=O)NC1. The smallest absolute Gasteiger partial charge is 0.337 e. The molecule has 2 aliphatic heterocycles. The second kappa shape index (κ2) is 8.77. The van der Waals surface area contributed by atoms with Crippen LogP contribution in [0.1, 0.15) is 12.6 Å². The van der Waals surface area contributed by atoms with Crippen LogP contribution in [0.2, 0.25) is 0 Å². The summed E-state index contributed by atoms with van der Waals surface area (Å²) < 4.78 is 5.10. The van der Waals surface area contributed by atoms with Crippen LogP contribution in [0.5, 0.6) is 0 Å². The highest BCUT2D eigenvalue weighted by molar-refractivity contribution is 5.93. The van der Waals surface area contributed by atoms with E-state index in [0.717, 1.165) is 38.4 Å². The summed E-state index contributed by atoms with van der Waals surface area (Å²) >= 11 is 0. The summed E-state index contributed by atoms with van der Waals surface area (Å²) in [5, 5.41) is 5.40. The Morgan fingerprint density at radius 2 is 1.92 bits per heavy atom. The summed E-state index contributed by atoms with van der Waals surface area (Å²) in [6, 6.07) is 5.68. The van der Waals surface area contributed by atoms with E-state index in [2.05, 4.69) is 25.4 Å². The molecule has 2 amide bonds. The Kier molecular flexibility index (Phi) is 6.19. The number of esters is 1. The number of aromatic nitrogens is 1. The Labute approximate surface area is 153 Å². The molecule has 2 aliphatic rings. The normalized spacial score (nSPS) is 19.0. The molecule has 26 heavy (non-hydrogen) atoms. The lowest BCUT2D eigenvalue weighted by Gasteiger charge is -2.35. The first-order valence-electron chi connectivity index (χ1n) is 8.94. The van der Waals surface area contributed by atoms with E-state index in [1.807, 2.05) is 24.4 Å². The van der Waals surface area contributed by atoms with Crippen molar-refractivity contribution in [3.8, 4) is 0 Å². The lowest BCUT2D eigenvalue weighted by molar-refractivity contribution is -0.138. The van der Waals surface area contributed by atoms with Crippen LogP contribution in [-0.4, -0.2) is 72.7 Å². The molecule has 0 saturated carbocycles. The lowest BCUT2D eigenvalue weighted by Crippen LogP contribution is -2.50. The first kappa shape index (κ1) is 18.3. The maximum Gasteiger partial charge on any atom is 0.337 e. The third-order valence-corrected chi connectivity index (χ3v) is 4.53. The van der Waals surface area contributed by atoms with Crippen LogP contribution in [-0.2, 0) is 16.1 Å². The summed E-state index contributed by atoms with van der Waals surface area (Å²) in [6.07, 6.45) is 1.81. The molecular weight excluding hydrogens is 334 g/mol. The van der Waals surface area contributed by atoms with Crippen LogP contribution in [0.3, 0.4) is 0 Å². The van der Waals surface area contributed by atoms with Gasteiger partial charge in [0.1, 0.15) is 0 Å². The number of ether oxygens (including phenoxy) is 1. The van der Waals surface area contributed by atoms with Crippen LogP contribution in [0.4, 0.5) is 4.79 Å². The van der Waals surface area contributed by atoms with Crippen molar-refractivity contribution in [1.82, 2.24) is 25.4 Å². The zero-order valence-electron chi connectivity index (χ0n) is 15.0. The van der Waals surface area contributed by atoms with E-state index in [9.17, 15) is 9.59 Å². The molecule has 1 fully saturated rings. The number of amides is 2. The van der Waals surface area contributed by atoms with Crippen molar-refractivity contribution in [2.45, 2.75) is 13.5 Å². The van der Waals surface area contributed by atoms with E-state index >= 15 is 0 Å². The first-order valence-corrected chi connectivity index (χ1v) is 8.94. The second-order valence-electron chi connectivity index (χ2n) is 6.36. The molecule has 0 unspecified atom stereocenters. The first-order chi connectivity index (χ1) is 12.7. The maximum atomic E-state index is 12.1. The molecule has 3 heterocycles. The fraction of sp³-hybridized carbons (Fsp3) is 0.500. The Balaban J connectivity index is 1.56. The zero-order valence-corrected chi connectivity index (χ0v) is 15.0. The van der Waals surface area contributed by atoms with Gasteiger partial charge >= 0.3 is 12.0 Å². The van der Waals surface area contributed by atoms with Crippen LogP contribution >= 0.6 is 0 Å². The number of nitrogens with zero attached hydrogens (tertiary/aromatic N) is 3. The van der Waals surface area contributed by atoms with E-state index in [0.29, 0.717) is 24.4 Å². The average molecular weight is 359 g/mol. The summed E-state index contributed by atoms with van der Waals surface area (Å²) in [5.41, 5.74) is 2.21. The Morgan fingerprint density at radius 1 is 1.19 bits per heavy atom. The second-order valence-corrected chi connectivity index (χ2v) is 6.36. The van der Waals surface area contributed by atoms with Crippen LogP contribution in [0.15, 0.2) is 35.7 Å². The van der Waals surface area contributed by atoms with Gasteiger partial charge in [0.05, 0.1) is 24.4 Å². The molecule has 0 radical (unpaired) electrons. The molecular formula is C18H25N5O3. The van der Waals surface area contributed by atoms with Crippen molar-refractivity contribution in [2.75, 3.05) is 45.9 Å². The number of urea groups is 1. The topological polar surface area (TPSA) is 86.8 Å². The average Bonchev–Trinajstić information content (AvgIpc) is 2.64. The molecule has 0 aromatic carbocycles. The van der Waals surface area contributed by atoms with Crippen molar-refractivity contribution < 1.29 is 14.3 Å². The molecule has 140 valence electrons. The number of pyridine rings is 1. The van der Waals surface area contributed by atoms with Crippen molar-refractivity contribution in [3.05, 3.63) is 41.4 Å². The summed E-state index contributed by atoms with van der Waals surface area (Å²) in [4.78, 5) is 32.7. The van der Waals surface area contributed by atoms with Gasteiger partial charge in [0.25, 0.3) is 0 Å². The molecule has 1 aromatic rings. The minimum atomic E-state index is -0.371. The zero-order chi connectivity index (χ0) is 18.4. The van der Waals surface area contributed by atoms with Crippen LogP contribution < -0.4 is 10.6 Å². The van der Waals surface area contributed by atoms with Crippen molar-refractivity contribution in [3.63, 3.8) is 0 Å². The minimum absolute atomic E-state index is 0.208. The summed E-state index contributed by atoms with van der Waals surface area (Å²) in [6.45, 7) is 7.26. The maximum absolute atomic E-state index is 12.1. The van der Waals surface area contributed by atoms with Gasteiger partial charge in [-0.05, 0) is 19.1 Å². The highest BCUT2D eigenvalue weighted by atomic mass is 16.5. The largest absolute Gasteiger partial charge is 0.463 e. The number of piperazine rings is 1. The molecule has 1 aromatic heterocycles. The molecule has 1 saturated heterocycles. The molecule has 8 nitrogen and oxygen atoms in total. The number of nitrogens with one attached hydrogen (secondary N) is 2. The minimum Gasteiger partial charge on any atom is -0.463 e. The quantitative estimate of drug-likeness (QED) is 0.712. The van der Waals surface area contributed by atoms with E-state index in [1.165, 1.54) is 0 Å². The predicted octanol–water partition coefficient (Wildman–Crippen LogP) is 0.329. The van der Waals surface area contributed by atoms with Gasteiger partial charge in [0.15, 0.2) is 0 Å². The Bertz CT molecular complexity index is 669. The third kappa shape index (κ3) is 4.80. The Hall–Kier alpha value is -2.45. The van der Waals surface area contributed by atoms with Gasteiger partial charge in [-0.25, -0.2) is 9.59 Å². The Morgan fingerprint density at radius 3 is 2.58 bits per heavy atom. The van der Waals surface area contributed by atoms with Gasteiger partial charge in [-0.1, -0.05) is 6.07 Å². The number of hydrogen-bond donors (Lipinski definition) is 2. The van der Waals surface area contributed by atoms with Crippen molar-refractivity contribution >= 4 is 12.0 Å². The number of hydrogen-bond acceptors (Lipinski definition) is 6. The highest BCUT2D eigenvalue weighted by Gasteiger charge is 2.26. The van der Waals surface area contributed by atoms with Gasteiger partial charge in [-0.2, -0.15) is 0 Å². The number of rotatable bonds is 6. The van der Waals surface area contributed by atoms with E-state index < -0.39 is 0 Å². The lowest BCUT2D eigenvalue weighted by atomic mass is 10.1. The molecule has 0 aliphatic carbocycles. The van der Waals surface area contributed by atoms with Crippen LogP contribution in [0, 0.1) is 0 Å². The van der Waals surface area contributed by atoms with Crippen LogP contribution in [0.25, 0.3) is 0 Å². The third-order valence-electron chi connectivity index (χ3n) is 4.53. The standard InChI is InChI=1S/C18H25N5O3/c1-2-26-17(24)15-11-20-18(25)21-16(15)13-23-9-7-22(8-10-23)12-14-5-3-4-6-19-14/h3-6H,2,7-13H2,1H3,(H2,20,21,25). The highest BCUT2D eigenvalue weighted by Crippen LogP contribution is 2.12. The van der Waals surface area contributed by atoms with Gasteiger partial charge in [-0.3, -0.25) is 14.8 Å². The summed E-state index contributed by atoms with van der Waals surface area (Å²) in [5.74, 6) is -0.371. The van der Waals surface area contributed by atoms with Gasteiger partial charge < -0.3 is 15.4 Å². The van der Waals surface area contributed by atoms with E-state index in [1.54, 1.807) is 6.92 Å². The van der Waals surface area contributed by atoms with Gasteiger partial charge in [0.2, 0.25) is 0 Å². The number of carbonyl (C=O) groups is 2. The summed E-state index contributed by atoms with van der Waals surface area (Å²) in [7, 11) is 0. The van der Waals surface area contributed by atoms with Gasteiger partial charge in [-0.15, -0.1) is 0 Å². The molecule has 0 spiro atoms. The molecule has 0 bridgehead atoms. The van der Waals surface area contributed by atoms with Crippen molar-refractivity contribution in [2.24, 2.45) is 0 Å². The fourth-order valence-electron chi connectivity index (χ4n) is 3.13.